The second-order valence-corrected chi connectivity index (χ2v) is 12.3. The third-order valence-corrected chi connectivity index (χ3v) is 9.36. The van der Waals surface area contributed by atoms with Crippen LogP contribution < -0.4 is 15.4 Å². The first-order valence-corrected chi connectivity index (χ1v) is 15.0. The molecule has 3 aromatic carbocycles. The molecule has 2 heterocycles. The van der Waals surface area contributed by atoms with Gasteiger partial charge in [-0.1, -0.05) is 49.2 Å². The van der Waals surface area contributed by atoms with E-state index >= 15 is 0 Å². The summed E-state index contributed by atoms with van der Waals surface area (Å²) in [5.74, 6) is -1.88. The highest BCUT2D eigenvalue weighted by molar-refractivity contribution is 6.31. The van der Waals surface area contributed by atoms with Crippen molar-refractivity contribution in [2.45, 2.75) is 63.0 Å². The van der Waals surface area contributed by atoms with Crippen molar-refractivity contribution >= 4 is 46.6 Å². The number of aryl methyl sites for hydroxylation is 1. The molecule has 10 heteroatoms. The Bertz CT molecular complexity index is 1620. The van der Waals surface area contributed by atoms with Crippen molar-refractivity contribution in [3.8, 4) is 5.75 Å². The zero-order chi connectivity index (χ0) is 31.3. The molecule has 0 unspecified atom stereocenters. The van der Waals surface area contributed by atoms with Gasteiger partial charge in [-0.2, -0.15) is 0 Å². The normalized spacial score (nSPS) is 21.3. The number of likely N-dealkylation sites (N-methyl/N-ethyl adjacent to an activating group) is 1. The van der Waals surface area contributed by atoms with Gasteiger partial charge in [-0.3, -0.25) is 14.4 Å². The Balaban J connectivity index is 1.80. The molecule has 5 rings (SSSR count). The van der Waals surface area contributed by atoms with Crippen molar-refractivity contribution in [3.63, 3.8) is 0 Å². The zero-order valence-corrected chi connectivity index (χ0v) is 26.2. The zero-order valence-electron chi connectivity index (χ0n) is 24.7. The maximum absolute atomic E-state index is 14.8. The van der Waals surface area contributed by atoms with Crippen molar-refractivity contribution in [2.24, 2.45) is 0 Å². The molecule has 1 spiro atoms. The lowest BCUT2D eigenvalue weighted by Gasteiger charge is -2.47. The Labute approximate surface area is 260 Å². The fraction of sp³-hybridized carbons (Fsp3) is 0.364. The first-order chi connectivity index (χ1) is 20.4. The van der Waals surface area contributed by atoms with Crippen molar-refractivity contribution < 1.29 is 23.5 Å². The number of hydrogen-bond acceptors (Lipinski definition) is 4. The van der Waals surface area contributed by atoms with E-state index in [4.69, 9.17) is 27.9 Å². The molecular weight excluding hydrogens is 592 g/mol. The summed E-state index contributed by atoms with van der Waals surface area (Å²) in [6, 6.07) is 13.5. The summed E-state index contributed by atoms with van der Waals surface area (Å²) in [5.41, 5.74) is 0.142. The molecule has 0 aromatic heterocycles. The summed E-state index contributed by atoms with van der Waals surface area (Å²) in [5, 5.41) is 6.80. The maximum Gasteiger partial charge on any atom is 0.266 e. The van der Waals surface area contributed by atoms with Crippen LogP contribution in [0.1, 0.15) is 67.3 Å². The van der Waals surface area contributed by atoms with Crippen LogP contribution in [0.4, 0.5) is 10.1 Å². The van der Waals surface area contributed by atoms with E-state index in [0.717, 1.165) is 0 Å². The maximum atomic E-state index is 14.8. The van der Waals surface area contributed by atoms with Crippen LogP contribution in [0.25, 0.3) is 0 Å². The van der Waals surface area contributed by atoms with Crippen LogP contribution in [-0.4, -0.2) is 42.3 Å². The number of benzene rings is 3. The minimum atomic E-state index is -1.44. The summed E-state index contributed by atoms with van der Waals surface area (Å²) in [6.45, 7) is 5.57. The fourth-order valence-electron chi connectivity index (χ4n) is 6.69. The lowest BCUT2D eigenvalue weighted by Crippen LogP contribution is -2.57. The van der Waals surface area contributed by atoms with E-state index in [2.05, 4.69) is 10.6 Å². The number of fused-ring (bicyclic) bond motifs is 2. The number of carbonyl (C=O) groups excluding carboxylic acids is 3. The van der Waals surface area contributed by atoms with E-state index in [9.17, 15) is 18.8 Å². The van der Waals surface area contributed by atoms with E-state index in [1.54, 1.807) is 56.6 Å². The molecule has 43 heavy (non-hydrogen) atoms. The van der Waals surface area contributed by atoms with Crippen molar-refractivity contribution in [1.82, 2.24) is 10.2 Å². The number of amides is 3. The van der Waals surface area contributed by atoms with Gasteiger partial charge in [-0.25, -0.2) is 4.39 Å². The second-order valence-electron chi connectivity index (χ2n) is 11.5. The first-order valence-electron chi connectivity index (χ1n) is 14.2. The largest absolute Gasteiger partial charge is 0.477 e. The van der Waals surface area contributed by atoms with E-state index in [0.29, 0.717) is 56.6 Å². The molecule has 0 saturated carbocycles. The predicted molar refractivity (Wildman–Crippen MR) is 165 cm³/mol. The molecule has 3 aromatic rings. The highest BCUT2D eigenvalue weighted by atomic mass is 35.5. The SMILES string of the molecule is CCC(CC)(Oc1ccc(Cl)cc1[C@H]1CC(=O)N[C@@H](c2cc(F)ccc2C)[C@]12C(=O)Nc1cc(Cl)ccc12)C(=O)N(C)C. The van der Waals surface area contributed by atoms with Gasteiger partial charge in [-0.15, -0.1) is 0 Å². The second kappa shape index (κ2) is 11.5. The quantitative estimate of drug-likeness (QED) is 0.306. The number of hydrogen-bond donors (Lipinski definition) is 2. The molecule has 2 aliphatic rings. The third-order valence-electron chi connectivity index (χ3n) is 8.89. The summed E-state index contributed by atoms with van der Waals surface area (Å²) in [7, 11) is 3.34. The van der Waals surface area contributed by atoms with Crippen molar-refractivity contribution in [3.05, 3.63) is 92.7 Å². The molecule has 2 N–H and O–H groups in total. The molecule has 1 fully saturated rings. The lowest BCUT2D eigenvalue weighted by atomic mass is 9.59. The minimum Gasteiger partial charge on any atom is -0.477 e. The molecule has 226 valence electrons. The van der Waals surface area contributed by atoms with Crippen LogP contribution in [0.2, 0.25) is 10.0 Å². The number of rotatable bonds is 7. The van der Waals surface area contributed by atoms with E-state index in [-0.39, 0.29) is 24.1 Å². The van der Waals surface area contributed by atoms with Crippen molar-refractivity contribution in [2.75, 3.05) is 19.4 Å². The molecule has 3 atom stereocenters. The van der Waals surface area contributed by atoms with E-state index in [1.165, 1.54) is 17.0 Å². The number of ether oxygens (including phenoxy) is 1. The van der Waals surface area contributed by atoms with Crippen LogP contribution in [-0.2, 0) is 19.8 Å². The number of nitrogens with zero attached hydrogens (tertiary/aromatic N) is 1. The monoisotopic (exact) mass is 625 g/mol. The Hall–Kier alpha value is -3.62. The van der Waals surface area contributed by atoms with E-state index in [1.807, 2.05) is 20.8 Å². The van der Waals surface area contributed by atoms with Crippen LogP contribution in [0.15, 0.2) is 54.6 Å². The number of nitrogens with one attached hydrogen (secondary N) is 2. The van der Waals surface area contributed by atoms with Gasteiger partial charge in [0.25, 0.3) is 5.91 Å². The number of piperidine rings is 1. The fourth-order valence-corrected chi connectivity index (χ4v) is 7.04. The number of halogens is 3. The molecule has 3 amide bonds. The molecule has 0 bridgehead atoms. The third kappa shape index (κ3) is 5.04. The van der Waals surface area contributed by atoms with Crippen LogP contribution in [0.3, 0.4) is 0 Å². The highest BCUT2D eigenvalue weighted by Crippen LogP contribution is 2.59. The molecule has 0 radical (unpaired) electrons. The smallest absolute Gasteiger partial charge is 0.266 e. The summed E-state index contributed by atoms with van der Waals surface area (Å²) in [4.78, 5) is 42.9. The van der Waals surface area contributed by atoms with Crippen molar-refractivity contribution in [1.29, 1.82) is 0 Å². The van der Waals surface area contributed by atoms with Gasteiger partial charge in [0.05, 0.1) is 6.04 Å². The van der Waals surface area contributed by atoms with Crippen LogP contribution >= 0.6 is 23.2 Å². The standard InChI is InChI=1S/C33H34Cl2FN3O4/c1-6-32(7-2,31(42)39(4)5)43-27-13-10-19(34)14-23(27)25-17-28(40)38-29(22-16-21(36)11-8-18(22)3)33(25)24-12-9-20(35)15-26(24)37-30(33)41/h8-16,25,29H,6-7,17H2,1-5H3,(H,37,41)(H,38,40)/t25-,29+,33-/m1/s1. The van der Waals surface area contributed by atoms with Gasteiger partial charge < -0.3 is 20.3 Å². The summed E-state index contributed by atoms with van der Waals surface area (Å²) < 4.78 is 21.4. The van der Waals surface area contributed by atoms with Gasteiger partial charge >= 0.3 is 0 Å². The van der Waals surface area contributed by atoms with Crippen LogP contribution in [0.5, 0.6) is 5.75 Å². The number of anilines is 1. The lowest BCUT2D eigenvalue weighted by molar-refractivity contribution is -0.146. The Morgan fingerprint density at radius 1 is 1.02 bits per heavy atom. The van der Waals surface area contributed by atoms with Gasteiger partial charge in [0.2, 0.25) is 11.8 Å². The topological polar surface area (TPSA) is 87.7 Å². The van der Waals surface area contributed by atoms with Gasteiger partial charge in [0.15, 0.2) is 5.60 Å². The molecule has 2 aliphatic heterocycles. The predicted octanol–water partition coefficient (Wildman–Crippen LogP) is 6.70. The average Bonchev–Trinajstić information content (AvgIpc) is 3.25. The summed E-state index contributed by atoms with van der Waals surface area (Å²) in [6.07, 6.45) is 0.668. The minimum absolute atomic E-state index is 0.0933. The molecule has 1 saturated heterocycles. The first kappa shape index (κ1) is 30.8. The molecular formula is C33H34Cl2FN3O4. The number of carbonyl (C=O) groups is 3. The highest BCUT2D eigenvalue weighted by Gasteiger charge is 2.62. The van der Waals surface area contributed by atoms with Gasteiger partial charge in [-0.05, 0) is 78.9 Å². The van der Waals surface area contributed by atoms with Crippen LogP contribution in [0, 0.1) is 12.7 Å². The van der Waals surface area contributed by atoms with E-state index < -0.39 is 28.8 Å². The van der Waals surface area contributed by atoms with Gasteiger partial charge in [0, 0.05) is 47.7 Å². The Morgan fingerprint density at radius 2 is 1.70 bits per heavy atom. The molecule has 7 nitrogen and oxygen atoms in total. The average molecular weight is 627 g/mol. The Kier molecular flexibility index (Phi) is 8.22. The Morgan fingerprint density at radius 3 is 2.37 bits per heavy atom. The summed E-state index contributed by atoms with van der Waals surface area (Å²) >= 11 is 12.9. The molecule has 0 aliphatic carbocycles. The van der Waals surface area contributed by atoms with Gasteiger partial charge in [0.1, 0.15) is 17.0 Å².